The van der Waals surface area contributed by atoms with Gasteiger partial charge in [0.15, 0.2) is 5.16 Å². The molecule has 1 aliphatic heterocycles. The molecule has 0 amide bonds. The van der Waals surface area contributed by atoms with Gasteiger partial charge in [0.2, 0.25) is 0 Å². The molecule has 1 aliphatic rings. The van der Waals surface area contributed by atoms with Crippen LogP contribution in [0, 0.1) is 0 Å². The number of anilines is 1. The lowest BCUT2D eigenvalue weighted by Crippen LogP contribution is -2.31. The van der Waals surface area contributed by atoms with Crippen LogP contribution in [0.3, 0.4) is 0 Å². The monoisotopic (exact) mass is 339 g/mol. The molecular weight excluding hydrogens is 318 g/mol. The first kappa shape index (κ1) is 16.0. The summed E-state index contributed by atoms with van der Waals surface area (Å²) < 4.78 is 5.92. The molecule has 5 nitrogen and oxygen atoms in total. The van der Waals surface area contributed by atoms with Gasteiger partial charge in [-0.2, -0.15) is 0 Å². The fraction of sp³-hybridized carbons (Fsp3) is 0.600. The van der Waals surface area contributed by atoms with Gasteiger partial charge in [0.1, 0.15) is 10.6 Å². The Hall–Kier alpha value is -0.890. The third-order valence-corrected chi connectivity index (χ3v) is 5.42. The smallest absolute Gasteiger partial charge is 0.190 e. The number of nitrogens with one attached hydrogen (secondary N) is 1. The maximum atomic E-state index is 9.12. The molecule has 2 aromatic heterocycles. The minimum absolute atomic E-state index is 0.0860. The van der Waals surface area contributed by atoms with Crippen molar-refractivity contribution in [1.29, 1.82) is 0 Å². The third kappa shape index (κ3) is 3.08. The van der Waals surface area contributed by atoms with E-state index in [1.165, 1.54) is 10.4 Å². The van der Waals surface area contributed by atoms with Crippen LogP contribution < -0.4 is 5.32 Å². The molecule has 0 unspecified atom stereocenters. The average molecular weight is 339 g/mol. The number of hydrogen-bond donors (Lipinski definition) is 2. The SMILES string of the molecule is CCSc1nc(NCCO)c2c3c(sc2n1)COC(C)(C)C3. The minimum Gasteiger partial charge on any atom is -0.395 e. The van der Waals surface area contributed by atoms with Crippen molar-refractivity contribution in [1.82, 2.24) is 9.97 Å². The van der Waals surface area contributed by atoms with Crippen LogP contribution >= 0.6 is 23.1 Å². The summed E-state index contributed by atoms with van der Waals surface area (Å²) in [6.45, 7) is 7.54. The average Bonchev–Trinajstić information content (AvgIpc) is 2.81. The second-order valence-electron chi connectivity index (χ2n) is 5.85. The summed E-state index contributed by atoms with van der Waals surface area (Å²) in [6, 6.07) is 0. The highest BCUT2D eigenvalue weighted by atomic mass is 32.2. The van der Waals surface area contributed by atoms with Crippen molar-refractivity contribution < 1.29 is 9.84 Å². The van der Waals surface area contributed by atoms with Gasteiger partial charge in [-0.3, -0.25) is 0 Å². The van der Waals surface area contributed by atoms with E-state index in [0.29, 0.717) is 13.2 Å². The van der Waals surface area contributed by atoms with Crippen molar-refractivity contribution in [3.63, 3.8) is 0 Å². The lowest BCUT2D eigenvalue weighted by atomic mass is 9.94. The predicted octanol–water partition coefficient (Wildman–Crippen LogP) is 3.06. The molecule has 22 heavy (non-hydrogen) atoms. The third-order valence-electron chi connectivity index (χ3n) is 3.59. The van der Waals surface area contributed by atoms with Crippen LogP contribution in [-0.4, -0.2) is 39.6 Å². The Morgan fingerprint density at radius 1 is 1.41 bits per heavy atom. The summed E-state index contributed by atoms with van der Waals surface area (Å²) in [6.07, 6.45) is 0.861. The van der Waals surface area contributed by atoms with Crippen molar-refractivity contribution in [3.8, 4) is 0 Å². The van der Waals surface area contributed by atoms with Gasteiger partial charge in [-0.25, -0.2) is 9.97 Å². The standard InChI is InChI=1S/C15H21N3O2S2/c1-4-21-14-17-12(16-5-6-19)11-9-7-15(2,3)20-8-10(9)22-13(11)18-14/h19H,4-8H2,1-3H3,(H,16,17,18). The largest absolute Gasteiger partial charge is 0.395 e. The molecule has 0 radical (unpaired) electrons. The van der Waals surface area contributed by atoms with E-state index in [0.717, 1.165) is 33.4 Å². The topological polar surface area (TPSA) is 67.3 Å². The van der Waals surface area contributed by atoms with Crippen LogP contribution in [0.15, 0.2) is 5.16 Å². The van der Waals surface area contributed by atoms with Gasteiger partial charge >= 0.3 is 0 Å². The number of fused-ring (bicyclic) bond motifs is 3. The van der Waals surface area contributed by atoms with Gasteiger partial charge < -0.3 is 15.2 Å². The van der Waals surface area contributed by atoms with Crippen LogP contribution in [0.4, 0.5) is 5.82 Å². The number of aromatic nitrogens is 2. The Kier molecular flexibility index (Phi) is 4.59. The molecule has 120 valence electrons. The number of ether oxygens (including phenoxy) is 1. The Morgan fingerprint density at radius 2 is 2.23 bits per heavy atom. The number of thioether (sulfide) groups is 1. The van der Waals surface area contributed by atoms with Gasteiger partial charge in [-0.1, -0.05) is 18.7 Å². The number of hydrogen-bond acceptors (Lipinski definition) is 7. The zero-order valence-corrected chi connectivity index (χ0v) is 14.7. The lowest BCUT2D eigenvalue weighted by Gasteiger charge is -2.30. The van der Waals surface area contributed by atoms with Crippen molar-refractivity contribution in [3.05, 3.63) is 10.4 Å². The first-order chi connectivity index (χ1) is 10.5. The van der Waals surface area contributed by atoms with Crippen molar-refractivity contribution in [2.45, 2.75) is 44.6 Å². The summed E-state index contributed by atoms with van der Waals surface area (Å²) >= 11 is 3.33. The highest BCUT2D eigenvalue weighted by Gasteiger charge is 2.31. The van der Waals surface area contributed by atoms with E-state index in [1.807, 2.05) is 0 Å². The van der Waals surface area contributed by atoms with Gasteiger partial charge in [0.25, 0.3) is 0 Å². The molecular formula is C15H21N3O2S2. The molecule has 0 fully saturated rings. The fourth-order valence-corrected chi connectivity index (χ4v) is 4.35. The first-order valence-electron chi connectivity index (χ1n) is 7.48. The molecule has 0 aliphatic carbocycles. The zero-order chi connectivity index (χ0) is 15.7. The van der Waals surface area contributed by atoms with Crippen molar-refractivity contribution in [2.75, 3.05) is 24.2 Å². The van der Waals surface area contributed by atoms with Gasteiger partial charge in [0.05, 0.1) is 24.2 Å². The van der Waals surface area contributed by atoms with E-state index < -0.39 is 0 Å². The Labute approximate surface area is 138 Å². The van der Waals surface area contributed by atoms with Gasteiger partial charge in [0, 0.05) is 17.8 Å². The number of aliphatic hydroxyl groups excluding tert-OH is 1. The number of nitrogens with zero attached hydrogens (tertiary/aromatic N) is 2. The Balaban J connectivity index is 2.13. The summed E-state index contributed by atoms with van der Waals surface area (Å²) in [5, 5.41) is 14.3. The normalized spacial score (nSPS) is 16.7. The molecule has 0 aromatic carbocycles. The molecule has 3 rings (SSSR count). The van der Waals surface area contributed by atoms with E-state index in [1.54, 1.807) is 23.1 Å². The molecule has 0 atom stereocenters. The maximum Gasteiger partial charge on any atom is 0.190 e. The zero-order valence-electron chi connectivity index (χ0n) is 13.1. The molecule has 0 saturated carbocycles. The summed E-state index contributed by atoms with van der Waals surface area (Å²) in [5.41, 5.74) is 1.14. The summed E-state index contributed by atoms with van der Waals surface area (Å²) in [4.78, 5) is 11.6. The van der Waals surface area contributed by atoms with Crippen molar-refractivity contribution >= 4 is 39.1 Å². The van der Waals surface area contributed by atoms with Crippen molar-refractivity contribution in [2.24, 2.45) is 0 Å². The van der Waals surface area contributed by atoms with Gasteiger partial charge in [-0.15, -0.1) is 11.3 Å². The van der Waals surface area contributed by atoms with Crippen LogP contribution in [0.1, 0.15) is 31.2 Å². The Bertz CT molecular complexity index is 685. The van der Waals surface area contributed by atoms with Crippen LogP contribution in [0.25, 0.3) is 10.2 Å². The van der Waals surface area contributed by atoms with E-state index in [2.05, 4.69) is 31.1 Å². The van der Waals surface area contributed by atoms with Crippen LogP contribution in [0.2, 0.25) is 0 Å². The van der Waals surface area contributed by atoms with E-state index in [9.17, 15) is 0 Å². The molecule has 0 spiro atoms. The number of aliphatic hydroxyl groups is 1. The van der Waals surface area contributed by atoms with Crippen LogP contribution in [0.5, 0.6) is 0 Å². The summed E-state index contributed by atoms with van der Waals surface area (Å²) in [5.74, 6) is 1.77. The highest BCUT2D eigenvalue weighted by molar-refractivity contribution is 7.99. The highest BCUT2D eigenvalue weighted by Crippen LogP contribution is 2.41. The molecule has 0 saturated heterocycles. The number of thiophene rings is 1. The Morgan fingerprint density at radius 3 is 2.95 bits per heavy atom. The number of rotatable bonds is 5. The second-order valence-corrected chi connectivity index (χ2v) is 8.16. The van der Waals surface area contributed by atoms with E-state index in [4.69, 9.17) is 14.8 Å². The predicted molar refractivity (Wildman–Crippen MR) is 92.0 cm³/mol. The molecule has 2 aromatic rings. The van der Waals surface area contributed by atoms with Gasteiger partial charge in [-0.05, 0) is 25.2 Å². The minimum atomic E-state index is -0.161. The first-order valence-corrected chi connectivity index (χ1v) is 9.28. The van der Waals surface area contributed by atoms with E-state index >= 15 is 0 Å². The van der Waals surface area contributed by atoms with Crippen LogP contribution in [-0.2, 0) is 17.8 Å². The lowest BCUT2D eigenvalue weighted by molar-refractivity contribution is -0.0379. The molecule has 2 N–H and O–H groups in total. The fourth-order valence-electron chi connectivity index (χ4n) is 2.62. The molecule has 3 heterocycles. The molecule has 7 heteroatoms. The molecule has 0 bridgehead atoms. The quantitative estimate of drug-likeness (QED) is 0.645. The maximum absolute atomic E-state index is 9.12. The van der Waals surface area contributed by atoms with E-state index in [-0.39, 0.29) is 12.2 Å². The second kappa shape index (κ2) is 6.31. The summed E-state index contributed by atoms with van der Waals surface area (Å²) in [7, 11) is 0.